The molecule has 6 nitrogen and oxygen atoms in total. The highest BCUT2D eigenvalue weighted by atomic mass is 15.3. The Morgan fingerprint density at radius 1 is 1.18 bits per heavy atom. The summed E-state index contributed by atoms with van der Waals surface area (Å²) in [6.45, 7) is 4.67. The van der Waals surface area contributed by atoms with Gasteiger partial charge >= 0.3 is 0 Å². The van der Waals surface area contributed by atoms with Gasteiger partial charge in [0.2, 0.25) is 0 Å². The number of hydrogen-bond donors (Lipinski definition) is 1. The fourth-order valence-corrected chi connectivity index (χ4v) is 2.37. The molecule has 0 saturated carbocycles. The molecule has 1 N–H and O–H groups in total. The molecular weight excluding hydrogens is 276 g/mol. The van der Waals surface area contributed by atoms with Crippen LogP contribution < -0.4 is 5.32 Å². The Morgan fingerprint density at radius 2 is 2.05 bits per heavy atom. The zero-order valence-corrected chi connectivity index (χ0v) is 12.9. The summed E-state index contributed by atoms with van der Waals surface area (Å²) in [5.74, 6) is 1.48. The van der Waals surface area contributed by atoms with Crippen molar-refractivity contribution in [1.29, 1.82) is 0 Å². The lowest BCUT2D eigenvalue weighted by atomic mass is 10.2. The van der Waals surface area contributed by atoms with E-state index in [1.165, 1.54) is 0 Å². The molecule has 0 saturated heterocycles. The van der Waals surface area contributed by atoms with E-state index < -0.39 is 0 Å². The molecule has 0 aliphatic heterocycles. The number of anilines is 1. The summed E-state index contributed by atoms with van der Waals surface area (Å²) in [5, 5.41) is 7.72. The van der Waals surface area contributed by atoms with Crippen LogP contribution in [0.25, 0.3) is 11.4 Å². The van der Waals surface area contributed by atoms with E-state index in [0.29, 0.717) is 12.4 Å². The first-order valence-electron chi connectivity index (χ1n) is 7.11. The first-order valence-corrected chi connectivity index (χ1v) is 7.11. The van der Waals surface area contributed by atoms with Gasteiger partial charge in [-0.3, -0.25) is 9.67 Å². The van der Waals surface area contributed by atoms with Gasteiger partial charge in [0, 0.05) is 37.9 Å². The zero-order chi connectivity index (χ0) is 15.5. The summed E-state index contributed by atoms with van der Waals surface area (Å²) < 4.78 is 1.85. The van der Waals surface area contributed by atoms with E-state index in [2.05, 4.69) is 25.4 Å². The van der Waals surface area contributed by atoms with Crippen LogP contribution in [0.4, 0.5) is 5.82 Å². The van der Waals surface area contributed by atoms with Crippen molar-refractivity contribution in [2.45, 2.75) is 20.4 Å². The predicted molar refractivity (Wildman–Crippen MR) is 85.3 cm³/mol. The summed E-state index contributed by atoms with van der Waals surface area (Å²) in [6.07, 6.45) is 5.37. The monoisotopic (exact) mass is 294 g/mol. The second kappa shape index (κ2) is 5.93. The Bertz CT molecular complexity index is 779. The second-order valence-electron chi connectivity index (χ2n) is 5.15. The second-order valence-corrected chi connectivity index (χ2v) is 5.15. The minimum absolute atomic E-state index is 0.676. The van der Waals surface area contributed by atoms with Crippen LogP contribution >= 0.6 is 0 Å². The Labute approximate surface area is 129 Å². The summed E-state index contributed by atoms with van der Waals surface area (Å²) in [4.78, 5) is 13.1. The van der Waals surface area contributed by atoms with Gasteiger partial charge in [-0.05, 0) is 31.5 Å². The van der Waals surface area contributed by atoms with Crippen molar-refractivity contribution in [3.05, 3.63) is 53.7 Å². The van der Waals surface area contributed by atoms with Crippen molar-refractivity contribution < 1.29 is 0 Å². The molecule has 0 atom stereocenters. The maximum atomic E-state index is 4.60. The van der Waals surface area contributed by atoms with Crippen LogP contribution in [0.15, 0.2) is 36.8 Å². The molecule has 3 aromatic rings. The van der Waals surface area contributed by atoms with Crippen LogP contribution in [0.5, 0.6) is 0 Å². The lowest BCUT2D eigenvalue weighted by molar-refractivity contribution is 0.731. The number of pyridine rings is 1. The topological polar surface area (TPSA) is 68.5 Å². The average molecular weight is 294 g/mol. The molecule has 0 radical (unpaired) electrons. The molecular formula is C16H18N6. The van der Waals surface area contributed by atoms with Gasteiger partial charge < -0.3 is 5.32 Å². The van der Waals surface area contributed by atoms with Gasteiger partial charge in [0.15, 0.2) is 5.82 Å². The lowest BCUT2D eigenvalue weighted by Crippen LogP contribution is -2.03. The van der Waals surface area contributed by atoms with Crippen molar-refractivity contribution in [2.24, 2.45) is 7.05 Å². The summed E-state index contributed by atoms with van der Waals surface area (Å²) >= 11 is 0. The van der Waals surface area contributed by atoms with Gasteiger partial charge in [0.1, 0.15) is 5.82 Å². The predicted octanol–water partition coefficient (Wildman–Crippen LogP) is 2.50. The molecule has 0 unspecified atom stereocenters. The molecule has 3 heterocycles. The molecule has 3 rings (SSSR count). The molecule has 0 aliphatic carbocycles. The fourth-order valence-electron chi connectivity index (χ4n) is 2.37. The lowest BCUT2D eigenvalue weighted by Gasteiger charge is -2.07. The minimum Gasteiger partial charge on any atom is -0.366 e. The number of aromatic nitrogens is 5. The van der Waals surface area contributed by atoms with Crippen LogP contribution in [-0.2, 0) is 13.6 Å². The quantitative estimate of drug-likeness (QED) is 0.800. The number of aryl methyl sites for hydroxylation is 2. The van der Waals surface area contributed by atoms with E-state index in [4.69, 9.17) is 0 Å². The molecule has 0 aromatic carbocycles. The number of nitrogens with one attached hydrogen (secondary N) is 1. The van der Waals surface area contributed by atoms with Crippen molar-refractivity contribution in [3.63, 3.8) is 0 Å². The molecule has 0 fully saturated rings. The molecule has 0 amide bonds. The van der Waals surface area contributed by atoms with Crippen LogP contribution in [-0.4, -0.2) is 24.7 Å². The van der Waals surface area contributed by atoms with E-state index >= 15 is 0 Å². The highest BCUT2D eigenvalue weighted by Gasteiger charge is 2.14. The van der Waals surface area contributed by atoms with Gasteiger partial charge in [-0.2, -0.15) is 5.10 Å². The third kappa shape index (κ3) is 2.81. The van der Waals surface area contributed by atoms with E-state index in [-0.39, 0.29) is 0 Å². The van der Waals surface area contributed by atoms with Crippen LogP contribution in [0.2, 0.25) is 0 Å². The maximum absolute atomic E-state index is 4.60. The van der Waals surface area contributed by atoms with Crippen LogP contribution in [0.1, 0.15) is 17.0 Å². The number of nitrogens with zero attached hydrogens (tertiary/aromatic N) is 5. The Morgan fingerprint density at radius 3 is 2.73 bits per heavy atom. The summed E-state index contributed by atoms with van der Waals surface area (Å²) in [7, 11) is 1.93. The summed E-state index contributed by atoms with van der Waals surface area (Å²) in [6, 6.07) is 5.81. The minimum atomic E-state index is 0.676. The first kappa shape index (κ1) is 14.2. The van der Waals surface area contributed by atoms with E-state index in [1.54, 1.807) is 12.4 Å². The Hall–Kier alpha value is -2.76. The molecule has 0 aliphatic rings. The smallest absolute Gasteiger partial charge is 0.165 e. The van der Waals surface area contributed by atoms with E-state index in [1.807, 2.05) is 50.0 Å². The van der Waals surface area contributed by atoms with Gasteiger partial charge in [-0.25, -0.2) is 9.97 Å². The first-order chi connectivity index (χ1) is 10.6. The van der Waals surface area contributed by atoms with Gasteiger partial charge in [-0.15, -0.1) is 0 Å². The molecule has 112 valence electrons. The highest BCUT2D eigenvalue weighted by molar-refractivity contribution is 5.62. The van der Waals surface area contributed by atoms with Gasteiger partial charge in [0.25, 0.3) is 0 Å². The van der Waals surface area contributed by atoms with Gasteiger partial charge in [0.05, 0.1) is 11.3 Å². The van der Waals surface area contributed by atoms with Crippen molar-refractivity contribution in [3.8, 4) is 11.4 Å². The largest absolute Gasteiger partial charge is 0.366 e. The Kier molecular flexibility index (Phi) is 3.82. The number of hydrogen-bond acceptors (Lipinski definition) is 5. The molecule has 22 heavy (non-hydrogen) atoms. The fraction of sp³-hybridized carbons (Fsp3) is 0.250. The molecule has 0 spiro atoms. The third-order valence-electron chi connectivity index (χ3n) is 3.58. The Balaban J connectivity index is 1.84. The van der Waals surface area contributed by atoms with Crippen LogP contribution in [0, 0.1) is 13.8 Å². The highest BCUT2D eigenvalue weighted by Crippen LogP contribution is 2.23. The molecule has 0 bridgehead atoms. The van der Waals surface area contributed by atoms with Crippen molar-refractivity contribution in [1.82, 2.24) is 24.7 Å². The molecule has 6 heteroatoms. The van der Waals surface area contributed by atoms with E-state index in [0.717, 1.165) is 28.3 Å². The SMILES string of the molecule is Cc1nn(C)c(C)c1-c1nccc(NCc2cccnc2)n1. The van der Waals surface area contributed by atoms with Crippen LogP contribution in [0.3, 0.4) is 0 Å². The maximum Gasteiger partial charge on any atom is 0.165 e. The molecule has 3 aromatic heterocycles. The standard InChI is InChI=1S/C16H18N6/c1-11-15(12(2)22(3)21-11)16-18-8-6-14(20-16)19-10-13-5-4-7-17-9-13/h4-9H,10H2,1-3H3,(H,18,19,20). The summed E-state index contributed by atoms with van der Waals surface area (Å²) in [5.41, 5.74) is 4.09. The third-order valence-corrected chi connectivity index (χ3v) is 3.58. The number of rotatable bonds is 4. The average Bonchev–Trinajstić information content (AvgIpc) is 2.79. The van der Waals surface area contributed by atoms with Crippen molar-refractivity contribution >= 4 is 5.82 Å². The zero-order valence-electron chi connectivity index (χ0n) is 12.9. The normalized spacial score (nSPS) is 10.7. The van der Waals surface area contributed by atoms with E-state index in [9.17, 15) is 0 Å². The van der Waals surface area contributed by atoms with Gasteiger partial charge in [-0.1, -0.05) is 6.07 Å². The van der Waals surface area contributed by atoms with Crippen molar-refractivity contribution in [2.75, 3.05) is 5.32 Å².